The molecule has 13 heavy (non-hydrogen) atoms. The summed E-state index contributed by atoms with van der Waals surface area (Å²) in [6.45, 7) is 4.96. The van der Waals surface area contributed by atoms with Crippen LogP contribution in [0.3, 0.4) is 0 Å². The van der Waals surface area contributed by atoms with Crippen molar-refractivity contribution in [2.75, 3.05) is 6.54 Å². The van der Waals surface area contributed by atoms with Gasteiger partial charge in [0.2, 0.25) is 0 Å². The molecule has 0 radical (unpaired) electrons. The zero-order valence-electron chi connectivity index (χ0n) is 8.13. The van der Waals surface area contributed by atoms with Gasteiger partial charge in [0.05, 0.1) is 12.3 Å². The number of hydrogen-bond donors (Lipinski definition) is 1. The molecule has 70 valence electrons. The molecule has 1 atom stereocenters. The summed E-state index contributed by atoms with van der Waals surface area (Å²) in [4.78, 5) is 0. The van der Waals surface area contributed by atoms with Crippen molar-refractivity contribution >= 4 is 0 Å². The third-order valence-electron chi connectivity index (χ3n) is 1.99. The molecule has 1 rings (SSSR count). The minimum atomic E-state index is -0.0151. The van der Waals surface area contributed by atoms with Gasteiger partial charge in [-0.15, -0.1) is 6.42 Å². The molecule has 1 aromatic heterocycles. The predicted molar refractivity (Wildman–Crippen MR) is 53.3 cm³/mol. The van der Waals surface area contributed by atoms with Crippen molar-refractivity contribution in [1.29, 1.82) is 0 Å². The second kappa shape index (κ2) is 4.74. The van der Waals surface area contributed by atoms with Gasteiger partial charge in [-0.25, -0.2) is 0 Å². The highest BCUT2D eigenvalue weighted by Crippen LogP contribution is 2.19. The second-order valence-electron chi connectivity index (χ2n) is 2.81. The van der Waals surface area contributed by atoms with Crippen LogP contribution < -0.4 is 5.32 Å². The minimum Gasteiger partial charge on any atom is -0.469 e. The molecule has 0 amide bonds. The van der Waals surface area contributed by atoms with E-state index >= 15 is 0 Å². The van der Waals surface area contributed by atoms with Crippen LogP contribution in [0.25, 0.3) is 0 Å². The SMILES string of the molecule is C#CC(NCC)c1ccoc1CC. The highest BCUT2D eigenvalue weighted by molar-refractivity contribution is 5.27. The second-order valence-corrected chi connectivity index (χ2v) is 2.81. The monoisotopic (exact) mass is 177 g/mol. The first-order chi connectivity index (χ1) is 6.33. The fraction of sp³-hybridized carbons (Fsp3) is 0.455. The molecule has 2 heteroatoms. The molecule has 0 aromatic carbocycles. The van der Waals surface area contributed by atoms with Crippen molar-refractivity contribution in [3.05, 3.63) is 23.7 Å². The molecular formula is C11H15NO. The lowest BCUT2D eigenvalue weighted by molar-refractivity contribution is 0.505. The van der Waals surface area contributed by atoms with Gasteiger partial charge in [-0.3, -0.25) is 0 Å². The molecule has 0 bridgehead atoms. The van der Waals surface area contributed by atoms with E-state index in [-0.39, 0.29) is 6.04 Å². The number of rotatable bonds is 4. The van der Waals surface area contributed by atoms with E-state index in [0.717, 1.165) is 24.3 Å². The van der Waals surface area contributed by atoms with Crippen LogP contribution in [0.4, 0.5) is 0 Å². The molecule has 1 unspecified atom stereocenters. The Labute approximate surface area is 79.3 Å². The van der Waals surface area contributed by atoms with Crippen molar-refractivity contribution in [3.8, 4) is 12.3 Å². The van der Waals surface area contributed by atoms with E-state index in [1.807, 2.05) is 13.0 Å². The Morgan fingerprint density at radius 2 is 2.38 bits per heavy atom. The molecule has 0 aliphatic carbocycles. The highest BCUT2D eigenvalue weighted by atomic mass is 16.3. The van der Waals surface area contributed by atoms with Gasteiger partial charge < -0.3 is 9.73 Å². The zero-order valence-corrected chi connectivity index (χ0v) is 8.13. The topological polar surface area (TPSA) is 25.2 Å². The van der Waals surface area contributed by atoms with Crippen LogP contribution in [0.1, 0.15) is 31.2 Å². The molecule has 1 aromatic rings. The smallest absolute Gasteiger partial charge is 0.109 e. The van der Waals surface area contributed by atoms with E-state index < -0.39 is 0 Å². The van der Waals surface area contributed by atoms with Crippen LogP contribution in [0.15, 0.2) is 16.7 Å². The number of terminal acetylenes is 1. The number of furan rings is 1. The maximum Gasteiger partial charge on any atom is 0.109 e. The fourth-order valence-electron chi connectivity index (χ4n) is 1.36. The van der Waals surface area contributed by atoms with Gasteiger partial charge in [-0.1, -0.05) is 19.8 Å². The number of nitrogens with one attached hydrogen (secondary N) is 1. The van der Waals surface area contributed by atoms with Gasteiger partial charge in [-0.05, 0) is 12.6 Å². The molecule has 1 heterocycles. The summed E-state index contributed by atoms with van der Waals surface area (Å²) in [5.41, 5.74) is 1.09. The van der Waals surface area contributed by atoms with Gasteiger partial charge in [0.15, 0.2) is 0 Å². The standard InChI is InChI=1S/C11H15NO/c1-4-10(12-6-3)9-7-8-13-11(9)5-2/h1,7-8,10,12H,5-6H2,2-3H3. The predicted octanol–water partition coefficient (Wildman–Crippen LogP) is 2.13. The Morgan fingerprint density at radius 1 is 1.62 bits per heavy atom. The molecule has 0 saturated carbocycles. The third-order valence-corrected chi connectivity index (χ3v) is 1.99. The van der Waals surface area contributed by atoms with Gasteiger partial charge in [0, 0.05) is 12.0 Å². The maximum atomic E-state index is 5.42. The first-order valence-electron chi connectivity index (χ1n) is 4.59. The van der Waals surface area contributed by atoms with Crippen molar-refractivity contribution in [3.63, 3.8) is 0 Å². The quantitative estimate of drug-likeness (QED) is 0.713. The van der Waals surface area contributed by atoms with Gasteiger partial charge in [-0.2, -0.15) is 0 Å². The summed E-state index contributed by atoms with van der Waals surface area (Å²) in [7, 11) is 0. The zero-order chi connectivity index (χ0) is 9.68. The Balaban J connectivity index is 2.85. The van der Waals surface area contributed by atoms with Gasteiger partial charge in [0.25, 0.3) is 0 Å². The largest absolute Gasteiger partial charge is 0.469 e. The van der Waals surface area contributed by atoms with E-state index in [9.17, 15) is 0 Å². The summed E-state index contributed by atoms with van der Waals surface area (Å²) in [6, 6.07) is 1.92. The Bertz CT molecular complexity index is 295. The van der Waals surface area contributed by atoms with Crippen LogP contribution in [-0.2, 0) is 6.42 Å². The first-order valence-corrected chi connectivity index (χ1v) is 4.59. The lowest BCUT2D eigenvalue weighted by atomic mass is 10.1. The van der Waals surface area contributed by atoms with Gasteiger partial charge in [0.1, 0.15) is 5.76 Å². The third kappa shape index (κ3) is 2.13. The van der Waals surface area contributed by atoms with E-state index in [1.165, 1.54) is 0 Å². The van der Waals surface area contributed by atoms with E-state index in [0.29, 0.717) is 0 Å². The molecule has 0 aliphatic rings. The summed E-state index contributed by atoms with van der Waals surface area (Å²) >= 11 is 0. The summed E-state index contributed by atoms with van der Waals surface area (Å²) in [6.07, 6.45) is 7.99. The highest BCUT2D eigenvalue weighted by Gasteiger charge is 2.12. The number of aryl methyl sites for hydroxylation is 1. The van der Waals surface area contributed by atoms with Crippen LogP contribution in [0, 0.1) is 12.3 Å². The first kappa shape index (κ1) is 9.88. The average Bonchev–Trinajstić information content (AvgIpc) is 2.61. The van der Waals surface area contributed by atoms with Crippen LogP contribution >= 0.6 is 0 Å². The minimum absolute atomic E-state index is 0.0151. The van der Waals surface area contributed by atoms with E-state index in [4.69, 9.17) is 10.8 Å². The van der Waals surface area contributed by atoms with Crippen molar-refractivity contribution in [1.82, 2.24) is 5.32 Å². The van der Waals surface area contributed by atoms with Crippen molar-refractivity contribution in [2.24, 2.45) is 0 Å². The lowest BCUT2D eigenvalue weighted by Crippen LogP contribution is -2.19. The molecule has 0 spiro atoms. The fourth-order valence-corrected chi connectivity index (χ4v) is 1.36. The lowest BCUT2D eigenvalue weighted by Gasteiger charge is -2.10. The van der Waals surface area contributed by atoms with Crippen molar-refractivity contribution in [2.45, 2.75) is 26.3 Å². The van der Waals surface area contributed by atoms with Crippen LogP contribution in [0.5, 0.6) is 0 Å². The van der Waals surface area contributed by atoms with Gasteiger partial charge >= 0.3 is 0 Å². The van der Waals surface area contributed by atoms with Crippen molar-refractivity contribution < 1.29 is 4.42 Å². The molecule has 1 N–H and O–H groups in total. The Morgan fingerprint density at radius 3 is 2.92 bits per heavy atom. The summed E-state index contributed by atoms with van der Waals surface area (Å²) in [5.74, 6) is 3.68. The molecule has 0 saturated heterocycles. The van der Waals surface area contributed by atoms with Crippen LogP contribution in [0.2, 0.25) is 0 Å². The summed E-state index contributed by atoms with van der Waals surface area (Å²) < 4.78 is 5.31. The molecule has 2 nitrogen and oxygen atoms in total. The van der Waals surface area contributed by atoms with E-state index in [1.54, 1.807) is 6.26 Å². The average molecular weight is 177 g/mol. The maximum absolute atomic E-state index is 5.42. The number of hydrogen-bond acceptors (Lipinski definition) is 2. The Kier molecular flexibility index (Phi) is 3.60. The Hall–Kier alpha value is -1.20. The normalized spacial score (nSPS) is 12.4. The van der Waals surface area contributed by atoms with E-state index in [2.05, 4.69) is 18.2 Å². The molecule has 0 fully saturated rings. The molecule has 0 aliphatic heterocycles. The molecular weight excluding hydrogens is 162 g/mol. The summed E-state index contributed by atoms with van der Waals surface area (Å²) in [5, 5.41) is 3.21. The van der Waals surface area contributed by atoms with Crippen LogP contribution in [-0.4, -0.2) is 6.54 Å².